The lowest BCUT2D eigenvalue weighted by molar-refractivity contribution is 0.0310. The molecule has 0 aliphatic carbocycles. The third-order valence-electron chi connectivity index (χ3n) is 3.05. The molecule has 3 heteroatoms. The van der Waals surface area contributed by atoms with Crippen molar-refractivity contribution >= 4 is 0 Å². The zero-order valence-corrected chi connectivity index (χ0v) is 11.6. The summed E-state index contributed by atoms with van der Waals surface area (Å²) in [7, 11) is 0. The van der Waals surface area contributed by atoms with Crippen LogP contribution in [0.2, 0.25) is 0 Å². The molecular formula is C14H31NO2. The van der Waals surface area contributed by atoms with Crippen LogP contribution in [0.15, 0.2) is 0 Å². The molecule has 0 aliphatic heterocycles. The maximum Gasteiger partial charge on any atom is 0.106 e. The van der Waals surface area contributed by atoms with Crippen LogP contribution in [0.5, 0.6) is 0 Å². The molecule has 0 spiro atoms. The molecule has 3 nitrogen and oxygen atoms in total. The third kappa shape index (κ3) is 12.1. The molecule has 0 aromatic rings. The molecule has 3 N–H and O–H groups in total. The Kier molecular flexibility index (Phi) is 12.3. The molecule has 0 fully saturated rings. The van der Waals surface area contributed by atoms with Gasteiger partial charge in [0.15, 0.2) is 0 Å². The molecule has 0 rings (SSSR count). The highest BCUT2D eigenvalue weighted by Gasteiger charge is 2.09. The number of unbranched alkanes of at least 4 members (excludes halogenated alkanes) is 6. The summed E-state index contributed by atoms with van der Waals surface area (Å²) < 4.78 is 0. The number of hydrogen-bond donors (Lipinski definition) is 3. The van der Waals surface area contributed by atoms with Crippen LogP contribution in [0.4, 0.5) is 0 Å². The van der Waals surface area contributed by atoms with Gasteiger partial charge in [-0.2, -0.15) is 0 Å². The molecule has 17 heavy (non-hydrogen) atoms. The van der Waals surface area contributed by atoms with E-state index < -0.39 is 12.5 Å². The van der Waals surface area contributed by atoms with Crippen molar-refractivity contribution < 1.29 is 10.2 Å². The largest absolute Gasteiger partial charge is 0.379 e. The Hall–Kier alpha value is -0.120. The first-order valence-electron chi connectivity index (χ1n) is 7.32. The van der Waals surface area contributed by atoms with Gasteiger partial charge in [0, 0.05) is 0 Å². The van der Waals surface area contributed by atoms with Gasteiger partial charge in [0.05, 0.1) is 0 Å². The van der Waals surface area contributed by atoms with Gasteiger partial charge in [0.1, 0.15) is 12.5 Å². The SMILES string of the molecule is CCCCCCC(O)NC(O)CCCCCC. The molecule has 104 valence electrons. The van der Waals surface area contributed by atoms with Crippen LogP contribution in [-0.4, -0.2) is 22.7 Å². The highest BCUT2D eigenvalue weighted by Crippen LogP contribution is 2.07. The number of aliphatic hydroxyl groups excluding tert-OH is 2. The Labute approximate surface area is 107 Å². The Bertz CT molecular complexity index is 137. The van der Waals surface area contributed by atoms with Gasteiger partial charge in [-0.1, -0.05) is 52.4 Å². The summed E-state index contributed by atoms with van der Waals surface area (Å²) in [6.45, 7) is 4.35. The number of rotatable bonds is 12. The first-order chi connectivity index (χ1) is 8.20. The lowest BCUT2D eigenvalue weighted by atomic mass is 10.1. The van der Waals surface area contributed by atoms with Crippen molar-refractivity contribution in [2.24, 2.45) is 0 Å². The van der Waals surface area contributed by atoms with Crippen molar-refractivity contribution in [3.63, 3.8) is 0 Å². The average Bonchev–Trinajstić information content (AvgIpc) is 2.30. The van der Waals surface area contributed by atoms with Gasteiger partial charge in [0.25, 0.3) is 0 Å². The average molecular weight is 245 g/mol. The maximum absolute atomic E-state index is 9.65. The second-order valence-electron chi connectivity index (χ2n) is 4.90. The zero-order valence-electron chi connectivity index (χ0n) is 11.6. The van der Waals surface area contributed by atoms with E-state index in [0.29, 0.717) is 0 Å². The number of hydrogen-bond acceptors (Lipinski definition) is 3. The molecule has 0 amide bonds. The van der Waals surface area contributed by atoms with Crippen LogP contribution in [0, 0.1) is 0 Å². The Balaban J connectivity index is 3.35. The van der Waals surface area contributed by atoms with Gasteiger partial charge in [0.2, 0.25) is 0 Å². The van der Waals surface area contributed by atoms with Crippen molar-refractivity contribution in [1.29, 1.82) is 0 Å². The number of aliphatic hydroxyl groups is 2. The molecule has 0 aliphatic rings. The number of nitrogens with one attached hydrogen (secondary N) is 1. The van der Waals surface area contributed by atoms with Crippen LogP contribution in [0.1, 0.15) is 78.1 Å². The molecule has 0 bridgehead atoms. The van der Waals surface area contributed by atoms with Crippen LogP contribution >= 0.6 is 0 Å². The zero-order chi connectivity index (χ0) is 12.9. The summed E-state index contributed by atoms with van der Waals surface area (Å²) in [6.07, 6.45) is 9.67. The van der Waals surface area contributed by atoms with E-state index in [9.17, 15) is 10.2 Å². The lowest BCUT2D eigenvalue weighted by Gasteiger charge is -2.18. The smallest absolute Gasteiger partial charge is 0.106 e. The fourth-order valence-corrected chi connectivity index (χ4v) is 1.92. The first-order valence-corrected chi connectivity index (χ1v) is 7.32. The molecule has 0 saturated heterocycles. The van der Waals surface area contributed by atoms with Crippen molar-refractivity contribution in [2.45, 2.75) is 90.5 Å². The topological polar surface area (TPSA) is 52.5 Å². The monoisotopic (exact) mass is 245 g/mol. The van der Waals surface area contributed by atoms with E-state index in [1.807, 2.05) is 0 Å². The highest BCUT2D eigenvalue weighted by atomic mass is 16.3. The fraction of sp³-hybridized carbons (Fsp3) is 1.00. The Morgan fingerprint density at radius 2 is 1.12 bits per heavy atom. The fourth-order valence-electron chi connectivity index (χ4n) is 1.92. The quantitative estimate of drug-likeness (QED) is 0.366. The van der Waals surface area contributed by atoms with Gasteiger partial charge in [-0.25, -0.2) is 0 Å². The molecule has 0 saturated carbocycles. The van der Waals surface area contributed by atoms with E-state index in [1.54, 1.807) is 0 Å². The van der Waals surface area contributed by atoms with Crippen molar-refractivity contribution in [3.8, 4) is 0 Å². The van der Waals surface area contributed by atoms with Gasteiger partial charge >= 0.3 is 0 Å². The minimum Gasteiger partial charge on any atom is -0.379 e. The molecule has 2 unspecified atom stereocenters. The molecule has 0 aromatic heterocycles. The summed E-state index contributed by atoms with van der Waals surface area (Å²) in [5, 5.41) is 22.1. The van der Waals surface area contributed by atoms with E-state index in [-0.39, 0.29) is 0 Å². The summed E-state index contributed by atoms with van der Waals surface area (Å²) in [4.78, 5) is 0. The third-order valence-corrected chi connectivity index (χ3v) is 3.05. The predicted octanol–water partition coefficient (Wildman–Crippen LogP) is 3.15. The Morgan fingerprint density at radius 1 is 0.706 bits per heavy atom. The maximum atomic E-state index is 9.65. The normalized spacial score (nSPS) is 14.8. The van der Waals surface area contributed by atoms with Crippen LogP contribution < -0.4 is 5.32 Å². The van der Waals surface area contributed by atoms with Crippen LogP contribution in [0.25, 0.3) is 0 Å². The van der Waals surface area contributed by atoms with E-state index in [0.717, 1.165) is 25.7 Å². The summed E-state index contributed by atoms with van der Waals surface area (Å²) >= 11 is 0. The summed E-state index contributed by atoms with van der Waals surface area (Å²) in [5.74, 6) is 0. The minimum atomic E-state index is -0.548. The van der Waals surface area contributed by atoms with E-state index in [2.05, 4.69) is 19.2 Å². The highest BCUT2D eigenvalue weighted by molar-refractivity contribution is 4.59. The van der Waals surface area contributed by atoms with E-state index >= 15 is 0 Å². The minimum absolute atomic E-state index is 0.548. The van der Waals surface area contributed by atoms with Crippen LogP contribution in [0.3, 0.4) is 0 Å². The molecular weight excluding hydrogens is 214 g/mol. The van der Waals surface area contributed by atoms with Gasteiger partial charge < -0.3 is 10.2 Å². The second kappa shape index (κ2) is 12.3. The molecule has 0 radical (unpaired) electrons. The van der Waals surface area contributed by atoms with Crippen LogP contribution in [-0.2, 0) is 0 Å². The van der Waals surface area contributed by atoms with Crippen molar-refractivity contribution in [1.82, 2.24) is 5.32 Å². The first kappa shape index (κ1) is 16.9. The van der Waals surface area contributed by atoms with Gasteiger partial charge in [-0.15, -0.1) is 0 Å². The molecule has 0 heterocycles. The molecule has 0 aromatic carbocycles. The second-order valence-corrected chi connectivity index (χ2v) is 4.90. The van der Waals surface area contributed by atoms with Gasteiger partial charge in [-0.3, -0.25) is 5.32 Å². The van der Waals surface area contributed by atoms with Gasteiger partial charge in [-0.05, 0) is 25.7 Å². The Morgan fingerprint density at radius 3 is 1.47 bits per heavy atom. The standard InChI is InChI=1S/C14H31NO2/c1-3-5-7-9-11-13(16)15-14(17)12-10-8-6-4-2/h13-17H,3-12H2,1-2H3. The molecule has 2 atom stereocenters. The van der Waals surface area contributed by atoms with Crippen molar-refractivity contribution in [2.75, 3.05) is 0 Å². The van der Waals surface area contributed by atoms with Crippen molar-refractivity contribution in [3.05, 3.63) is 0 Å². The predicted molar refractivity (Wildman–Crippen MR) is 72.7 cm³/mol. The lowest BCUT2D eigenvalue weighted by Crippen LogP contribution is -2.38. The van der Waals surface area contributed by atoms with E-state index in [1.165, 1.54) is 38.5 Å². The summed E-state index contributed by atoms with van der Waals surface area (Å²) in [6, 6.07) is 0. The summed E-state index contributed by atoms with van der Waals surface area (Å²) in [5.41, 5.74) is 0. The van der Waals surface area contributed by atoms with E-state index in [4.69, 9.17) is 0 Å².